The van der Waals surface area contributed by atoms with Gasteiger partial charge in [-0.1, -0.05) is 6.58 Å². The smallest absolute Gasteiger partial charge is 0.119 e. The predicted molar refractivity (Wildman–Crippen MR) is 98.5 cm³/mol. The van der Waals surface area contributed by atoms with E-state index in [2.05, 4.69) is 46.7 Å². The molecule has 5 heteroatoms. The van der Waals surface area contributed by atoms with Gasteiger partial charge in [-0.2, -0.15) is 5.10 Å². The normalized spacial score (nSPS) is 16.0. The van der Waals surface area contributed by atoms with Gasteiger partial charge in [0.25, 0.3) is 0 Å². The molecule has 1 aliphatic rings. The summed E-state index contributed by atoms with van der Waals surface area (Å²) >= 11 is 0. The SMILES string of the molecule is C=Cn1cc(CN2CCCN(c3ccc(OC)cc3)CC2)c(C)n1. The van der Waals surface area contributed by atoms with Crippen molar-refractivity contribution in [3.8, 4) is 5.75 Å². The molecule has 0 aliphatic carbocycles. The summed E-state index contributed by atoms with van der Waals surface area (Å²) in [7, 11) is 1.70. The lowest BCUT2D eigenvalue weighted by Gasteiger charge is -2.23. The van der Waals surface area contributed by atoms with Gasteiger partial charge < -0.3 is 9.64 Å². The molecule has 0 amide bonds. The lowest BCUT2D eigenvalue weighted by atomic mass is 10.2. The van der Waals surface area contributed by atoms with Gasteiger partial charge in [-0.25, -0.2) is 4.68 Å². The predicted octanol–water partition coefficient (Wildman–Crippen LogP) is 3.01. The van der Waals surface area contributed by atoms with Crippen LogP contribution < -0.4 is 9.64 Å². The summed E-state index contributed by atoms with van der Waals surface area (Å²) < 4.78 is 7.04. The molecule has 5 nitrogen and oxygen atoms in total. The molecule has 0 spiro atoms. The van der Waals surface area contributed by atoms with Crippen molar-refractivity contribution in [3.05, 3.63) is 48.3 Å². The van der Waals surface area contributed by atoms with E-state index < -0.39 is 0 Å². The van der Waals surface area contributed by atoms with Crippen LogP contribution in [0.5, 0.6) is 5.75 Å². The van der Waals surface area contributed by atoms with E-state index in [9.17, 15) is 0 Å². The molecule has 1 aliphatic heterocycles. The van der Waals surface area contributed by atoms with E-state index in [1.807, 2.05) is 12.1 Å². The summed E-state index contributed by atoms with van der Waals surface area (Å²) in [6.07, 6.45) is 4.99. The Balaban J connectivity index is 1.61. The summed E-state index contributed by atoms with van der Waals surface area (Å²) in [6, 6.07) is 8.36. The maximum Gasteiger partial charge on any atom is 0.119 e. The van der Waals surface area contributed by atoms with Gasteiger partial charge in [0.2, 0.25) is 0 Å². The maximum atomic E-state index is 5.25. The lowest BCUT2D eigenvalue weighted by Crippen LogP contribution is -2.30. The number of hydrogen-bond donors (Lipinski definition) is 0. The third-order valence-corrected chi connectivity index (χ3v) is 4.63. The standard InChI is InChI=1S/C19H26N4O/c1-4-23-15-17(16(2)20-23)14-21-10-5-11-22(13-12-21)18-6-8-19(24-3)9-7-18/h4,6-9,15H,1,5,10-14H2,2-3H3. The van der Waals surface area contributed by atoms with E-state index in [0.717, 1.165) is 44.2 Å². The highest BCUT2D eigenvalue weighted by Crippen LogP contribution is 2.21. The number of hydrogen-bond acceptors (Lipinski definition) is 4. The third-order valence-electron chi connectivity index (χ3n) is 4.63. The number of aromatic nitrogens is 2. The topological polar surface area (TPSA) is 33.5 Å². The third kappa shape index (κ3) is 3.79. The molecule has 2 aromatic rings. The van der Waals surface area contributed by atoms with Crippen LogP contribution in [-0.2, 0) is 6.54 Å². The van der Waals surface area contributed by atoms with Crippen LogP contribution in [0, 0.1) is 6.92 Å². The summed E-state index contributed by atoms with van der Waals surface area (Å²) in [5, 5.41) is 4.45. The minimum absolute atomic E-state index is 0.907. The number of methoxy groups -OCH3 is 1. The Kier molecular flexibility index (Phi) is 5.20. The second kappa shape index (κ2) is 7.53. The van der Waals surface area contributed by atoms with Crippen molar-refractivity contribution in [2.45, 2.75) is 19.9 Å². The highest BCUT2D eigenvalue weighted by Gasteiger charge is 2.17. The zero-order valence-corrected chi connectivity index (χ0v) is 14.6. The first kappa shape index (κ1) is 16.6. The van der Waals surface area contributed by atoms with Crippen LogP contribution in [0.4, 0.5) is 5.69 Å². The Hall–Kier alpha value is -2.27. The van der Waals surface area contributed by atoms with E-state index in [0.29, 0.717) is 0 Å². The average molecular weight is 326 g/mol. The van der Waals surface area contributed by atoms with Gasteiger partial charge in [0.05, 0.1) is 12.8 Å². The zero-order valence-electron chi connectivity index (χ0n) is 14.6. The highest BCUT2D eigenvalue weighted by atomic mass is 16.5. The van der Waals surface area contributed by atoms with Crippen LogP contribution in [0.2, 0.25) is 0 Å². The van der Waals surface area contributed by atoms with Crippen molar-refractivity contribution in [1.82, 2.24) is 14.7 Å². The van der Waals surface area contributed by atoms with Crippen LogP contribution in [0.3, 0.4) is 0 Å². The molecule has 1 aromatic heterocycles. The number of rotatable bonds is 5. The van der Waals surface area contributed by atoms with Gasteiger partial charge in [0.1, 0.15) is 5.75 Å². The Labute approximate surface area is 144 Å². The lowest BCUT2D eigenvalue weighted by molar-refractivity contribution is 0.285. The van der Waals surface area contributed by atoms with Crippen LogP contribution in [-0.4, -0.2) is 48.0 Å². The number of nitrogens with zero attached hydrogens (tertiary/aromatic N) is 4. The molecule has 24 heavy (non-hydrogen) atoms. The largest absolute Gasteiger partial charge is 0.497 e. The summed E-state index contributed by atoms with van der Waals surface area (Å²) in [6.45, 7) is 11.1. The van der Waals surface area contributed by atoms with Crippen molar-refractivity contribution in [1.29, 1.82) is 0 Å². The average Bonchev–Trinajstić information content (AvgIpc) is 2.82. The van der Waals surface area contributed by atoms with Crippen LogP contribution in [0.15, 0.2) is 37.0 Å². The first-order chi connectivity index (χ1) is 11.7. The second-order valence-electron chi connectivity index (χ2n) is 6.22. The zero-order chi connectivity index (χ0) is 16.9. The number of benzene rings is 1. The monoisotopic (exact) mass is 326 g/mol. The van der Waals surface area contributed by atoms with E-state index in [1.165, 1.54) is 17.7 Å². The van der Waals surface area contributed by atoms with Gasteiger partial charge in [-0.15, -0.1) is 0 Å². The molecule has 0 atom stereocenters. The minimum Gasteiger partial charge on any atom is -0.497 e. The van der Waals surface area contributed by atoms with E-state index in [1.54, 1.807) is 18.0 Å². The molecule has 1 aromatic carbocycles. The number of ether oxygens (including phenoxy) is 1. The maximum absolute atomic E-state index is 5.25. The second-order valence-corrected chi connectivity index (χ2v) is 6.22. The fourth-order valence-corrected chi connectivity index (χ4v) is 3.19. The Morgan fingerprint density at radius 1 is 1.17 bits per heavy atom. The summed E-state index contributed by atoms with van der Waals surface area (Å²) in [4.78, 5) is 4.97. The quantitative estimate of drug-likeness (QED) is 0.846. The molecule has 2 heterocycles. The van der Waals surface area contributed by atoms with E-state index in [4.69, 9.17) is 4.74 Å². The molecule has 0 unspecified atom stereocenters. The molecule has 0 N–H and O–H groups in total. The molecular formula is C19H26N4O. The van der Waals surface area contributed by atoms with Gasteiger partial charge in [-0.3, -0.25) is 4.90 Å². The van der Waals surface area contributed by atoms with Crippen LogP contribution in [0.25, 0.3) is 6.20 Å². The fourth-order valence-electron chi connectivity index (χ4n) is 3.19. The minimum atomic E-state index is 0.907. The molecule has 1 saturated heterocycles. The van der Waals surface area contributed by atoms with E-state index >= 15 is 0 Å². The molecule has 0 saturated carbocycles. The van der Waals surface area contributed by atoms with Crippen molar-refractivity contribution in [3.63, 3.8) is 0 Å². The molecule has 1 fully saturated rings. The Morgan fingerprint density at radius 3 is 2.62 bits per heavy atom. The molecule has 3 rings (SSSR count). The summed E-state index contributed by atoms with van der Waals surface area (Å²) in [5.41, 5.74) is 3.65. The van der Waals surface area contributed by atoms with E-state index in [-0.39, 0.29) is 0 Å². The van der Waals surface area contributed by atoms with Gasteiger partial charge in [0, 0.05) is 56.4 Å². The van der Waals surface area contributed by atoms with Crippen molar-refractivity contribution >= 4 is 11.9 Å². The number of aryl methyl sites for hydroxylation is 1. The first-order valence-electron chi connectivity index (χ1n) is 8.48. The van der Waals surface area contributed by atoms with Crippen LogP contribution in [0.1, 0.15) is 17.7 Å². The fraction of sp³-hybridized carbons (Fsp3) is 0.421. The Morgan fingerprint density at radius 2 is 1.96 bits per heavy atom. The van der Waals surface area contributed by atoms with Crippen LogP contribution >= 0.6 is 0 Å². The molecule has 0 bridgehead atoms. The van der Waals surface area contributed by atoms with Gasteiger partial charge >= 0.3 is 0 Å². The van der Waals surface area contributed by atoms with Gasteiger partial charge in [0.15, 0.2) is 0 Å². The van der Waals surface area contributed by atoms with Crippen molar-refractivity contribution in [2.24, 2.45) is 0 Å². The highest BCUT2D eigenvalue weighted by molar-refractivity contribution is 5.49. The Bertz CT molecular complexity index is 677. The molecule has 128 valence electrons. The molecule has 0 radical (unpaired) electrons. The van der Waals surface area contributed by atoms with Crippen molar-refractivity contribution < 1.29 is 4.74 Å². The number of anilines is 1. The van der Waals surface area contributed by atoms with Gasteiger partial charge in [-0.05, 0) is 37.6 Å². The van der Waals surface area contributed by atoms with Crippen molar-refractivity contribution in [2.75, 3.05) is 38.2 Å². The molecular weight excluding hydrogens is 300 g/mol. The first-order valence-corrected chi connectivity index (χ1v) is 8.48. The summed E-state index contributed by atoms with van der Waals surface area (Å²) in [5.74, 6) is 0.907.